The lowest BCUT2D eigenvalue weighted by atomic mass is 10.1. The number of para-hydroxylation sites is 1. The van der Waals surface area contributed by atoms with Crippen LogP contribution in [0.5, 0.6) is 0 Å². The van der Waals surface area contributed by atoms with Gasteiger partial charge in [-0.25, -0.2) is 4.98 Å². The molecule has 1 N–H and O–H groups in total. The topological polar surface area (TPSA) is 64.0 Å². The Labute approximate surface area is 124 Å². The van der Waals surface area contributed by atoms with E-state index in [4.69, 9.17) is 0 Å². The quantitative estimate of drug-likeness (QED) is 0.909. The summed E-state index contributed by atoms with van der Waals surface area (Å²) in [7, 11) is 1.72. The third kappa shape index (κ3) is 3.68. The predicted molar refractivity (Wildman–Crippen MR) is 83.2 cm³/mol. The summed E-state index contributed by atoms with van der Waals surface area (Å²) in [5.74, 6) is 1.06. The lowest BCUT2D eigenvalue weighted by Gasteiger charge is -2.10. The molecule has 0 aliphatic rings. The Balaban J connectivity index is 2.11. The van der Waals surface area contributed by atoms with Crippen molar-refractivity contribution in [1.29, 1.82) is 0 Å². The molecular formula is C16H21N3O2. The van der Waals surface area contributed by atoms with Gasteiger partial charge in [0.15, 0.2) is 0 Å². The zero-order valence-corrected chi connectivity index (χ0v) is 12.7. The van der Waals surface area contributed by atoms with Gasteiger partial charge in [0.2, 0.25) is 5.91 Å². The van der Waals surface area contributed by atoms with E-state index in [1.165, 1.54) is 0 Å². The van der Waals surface area contributed by atoms with E-state index >= 15 is 0 Å². The Bertz CT molecular complexity index is 704. The molecule has 2 aromatic rings. The van der Waals surface area contributed by atoms with Crippen molar-refractivity contribution in [3.05, 3.63) is 40.4 Å². The van der Waals surface area contributed by atoms with E-state index in [0.29, 0.717) is 42.0 Å². The van der Waals surface area contributed by atoms with Crippen LogP contribution in [0.1, 0.15) is 26.1 Å². The molecule has 21 heavy (non-hydrogen) atoms. The average molecular weight is 287 g/mol. The Morgan fingerprint density at radius 1 is 1.33 bits per heavy atom. The van der Waals surface area contributed by atoms with Crippen LogP contribution in [-0.4, -0.2) is 22.0 Å². The number of nitrogens with one attached hydrogen (secondary N) is 1. The molecule has 2 rings (SSSR count). The van der Waals surface area contributed by atoms with Crippen LogP contribution < -0.4 is 10.9 Å². The van der Waals surface area contributed by atoms with Gasteiger partial charge < -0.3 is 5.32 Å². The number of carbonyl (C=O) groups is 1. The second kappa shape index (κ2) is 6.52. The maximum atomic E-state index is 12.2. The number of hydrogen-bond acceptors (Lipinski definition) is 3. The summed E-state index contributed by atoms with van der Waals surface area (Å²) in [5.41, 5.74) is 0.646. The largest absolute Gasteiger partial charge is 0.356 e. The first-order valence-corrected chi connectivity index (χ1v) is 7.20. The van der Waals surface area contributed by atoms with Crippen molar-refractivity contribution in [2.75, 3.05) is 6.54 Å². The molecule has 0 bridgehead atoms. The normalized spacial score (nSPS) is 11.0. The molecular weight excluding hydrogens is 266 g/mol. The Morgan fingerprint density at radius 3 is 2.76 bits per heavy atom. The van der Waals surface area contributed by atoms with Crippen LogP contribution in [0.25, 0.3) is 10.9 Å². The van der Waals surface area contributed by atoms with Gasteiger partial charge in [-0.05, 0) is 18.1 Å². The van der Waals surface area contributed by atoms with Gasteiger partial charge in [0.25, 0.3) is 5.56 Å². The molecule has 0 aliphatic heterocycles. The van der Waals surface area contributed by atoms with Crippen LogP contribution >= 0.6 is 0 Å². The molecule has 0 saturated carbocycles. The van der Waals surface area contributed by atoms with Crippen LogP contribution in [0.2, 0.25) is 0 Å². The number of benzene rings is 1. The van der Waals surface area contributed by atoms with E-state index < -0.39 is 0 Å². The van der Waals surface area contributed by atoms with Gasteiger partial charge in [-0.1, -0.05) is 26.0 Å². The fourth-order valence-corrected chi connectivity index (χ4v) is 2.24. The second-order valence-electron chi connectivity index (χ2n) is 5.61. The third-order valence-electron chi connectivity index (χ3n) is 3.34. The van der Waals surface area contributed by atoms with Crippen LogP contribution in [0, 0.1) is 5.92 Å². The minimum Gasteiger partial charge on any atom is -0.356 e. The van der Waals surface area contributed by atoms with Crippen molar-refractivity contribution in [3.8, 4) is 0 Å². The van der Waals surface area contributed by atoms with E-state index in [1.54, 1.807) is 17.7 Å². The maximum absolute atomic E-state index is 12.2. The summed E-state index contributed by atoms with van der Waals surface area (Å²) >= 11 is 0. The second-order valence-corrected chi connectivity index (χ2v) is 5.61. The lowest BCUT2D eigenvalue weighted by molar-refractivity contribution is -0.121. The molecule has 0 atom stereocenters. The number of fused-ring (bicyclic) bond motifs is 1. The maximum Gasteiger partial charge on any atom is 0.261 e. The van der Waals surface area contributed by atoms with E-state index in [0.717, 1.165) is 0 Å². The zero-order chi connectivity index (χ0) is 15.4. The Morgan fingerprint density at radius 2 is 2.05 bits per heavy atom. The van der Waals surface area contributed by atoms with Crippen LogP contribution in [0.15, 0.2) is 29.1 Å². The van der Waals surface area contributed by atoms with Gasteiger partial charge in [0, 0.05) is 26.4 Å². The lowest BCUT2D eigenvalue weighted by Crippen LogP contribution is -2.29. The third-order valence-corrected chi connectivity index (χ3v) is 3.34. The van der Waals surface area contributed by atoms with Gasteiger partial charge in [-0.3, -0.25) is 14.2 Å². The van der Waals surface area contributed by atoms with E-state index in [-0.39, 0.29) is 11.5 Å². The first-order valence-electron chi connectivity index (χ1n) is 7.20. The van der Waals surface area contributed by atoms with Crippen molar-refractivity contribution in [2.24, 2.45) is 13.0 Å². The highest BCUT2D eigenvalue weighted by Crippen LogP contribution is 2.07. The summed E-state index contributed by atoms with van der Waals surface area (Å²) in [6, 6.07) is 7.30. The number of amides is 1. The zero-order valence-electron chi connectivity index (χ0n) is 12.7. The predicted octanol–water partition coefficient (Wildman–Crippen LogP) is 1.64. The number of hydrogen-bond donors (Lipinski definition) is 1. The SMILES string of the molecule is CC(C)CC(=O)NCCc1nc2ccccc2c(=O)n1C. The summed E-state index contributed by atoms with van der Waals surface area (Å²) in [6.07, 6.45) is 1.06. The molecule has 1 amide bonds. The van der Waals surface area contributed by atoms with Crippen LogP contribution in [0.4, 0.5) is 0 Å². The summed E-state index contributed by atoms with van der Waals surface area (Å²) in [5, 5.41) is 3.48. The number of nitrogens with zero attached hydrogens (tertiary/aromatic N) is 2. The van der Waals surface area contributed by atoms with Crippen molar-refractivity contribution >= 4 is 16.8 Å². The minimum atomic E-state index is -0.0518. The number of carbonyl (C=O) groups excluding carboxylic acids is 1. The van der Waals surface area contributed by atoms with Crippen molar-refractivity contribution < 1.29 is 4.79 Å². The fourth-order valence-electron chi connectivity index (χ4n) is 2.24. The first-order chi connectivity index (χ1) is 9.99. The molecule has 1 aromatic carbocycles. The molecule has 1 aromatic heterocycles. The highest BCUT2D eigenvalue weighted by molar-refractivity contribution is 5.77. The highest BCUT2D eigenvalue weighted by atomic mass is 16.1. The smallest absolute Gasteiger partial charge is 0.261 e. The van der Waals surface area contributed by atoms with Gasteiger partial charge in [0.05, 0.1) is 10.9 Å². The summed E-state index contributed by atoms with van der Waals surface area (Å²) in [6.45, 7) is 4.51. The van der Waals surface area contributed by atoms with Crippen molar-refractivity contribution in [3.63, 3.8) is 0 Å². The van der Waals surface area contributed by atoms with Crippen LogP contribution in [-0.2, 0) is 18.3 Å². The average Bonchev–Trinajstić information content (AvgIpc) is 2.43. The molecule has 1 heterocycles. The molecule has 0 aliphatic carbocycles. The van der Waals surface area contributed by atoms with Crippen molar-refractivity contribution in [2.45, 2.75) is 26.7 Å². The first kappa shape index (κ1) is 15.2. The van der Waals surface area contributed by atoms with E-state index in [1.807, 2.05) is 32.0 Å². The summed E-state index contributed by atoms with van der Waals surface area (Å²) < 4.78 is 1.55. The molecule has 0 unspecified atom stereocenters. The highest BCUT2D eigenvalue weighted by Gasteiger charge is 2.09. The van der Waals surface area contributed by atoms with Crippen molar-refractivity contribution in [1.82, 2.24) is 14.9 Å². The minimum absolute atomic E-state index is 0.0378. The molecule has 5 nitrogen and oxygen atoms in total. The Kier molecular flexibility index (Phi) is 4.73. The fraction of sp³-hybridized carbons (Fsp3) is 0.438. The van der Waals surface area contributed by atoms with Gasteiger partial charge in [-0.15, -0.1) is 0 Å². The molecule has 0 fully saturated rings. The standard InChI is InChI=1S/C16H21N3O2/c1-11(2)10-15(20)17-9-8-14-18-13-7-5-4-6-12(13)16(21)19(14)3/h4-7,11H,8-10H2,1-3H3,(H,17,20). The van der Waals surface area contributed by atoms with Crippen LogP contribution in [0.3, 0.4) is 0 Å². The molecule has 5 heteroatoms. The monoisotopic (exact) mass is 287 g/mol. The van der Waals surface area contributed by atoms with E-state index in [9.17, 15) is 9.59 Å². The number of aromatic nitrogens is 2. The van der Waals surface area contributed by atoms with E-state index in [2.05, 4.69) is 10.3 Å². The van der Waals surface area contributed by atoms with Gasteiger partial charge in [0.1, 0.15) is 5.82 Å². The Hall–Kier alpha value is -2.17. The molecule has 112 valence electrons. The van der Waals surface area contributed by atoms with Gasteiger partial charge >= 0.3 is 0 Å². The molecule has 0 saturated heterocycles. The number of rotatable bonds is 5. The summed E-state index contributed by atoms with van der Waals surface area (Å²) in [4.78, 5) is 28.3. The van der Waals surface area contributed by atoms with Gasteiger partial charge in [-0.2, -0.15) is 0 Å². The molecule has 0 spiro atoms. The molecule has 0 radical (unpaired) electrons.